The smallest absolute Gasteiger partial charge is 0.352 e. The average molecular weight is 639 g/mol. The Kier molecular flexibility index (Phi) is 8.49. The highest BCUT2D eigenvalue weighted by molar-refractivity contribution is 8.00. The van der Waals surface area contributed by atoms with Gasteiger partial charge < -0.3 is 41.6 Å². The number of amides is 3. The van der Waals surface area contributed by atoms with E-state index in [1.54, 1.807) is 0 Å². The monoisotopic (exact) mass is 638 g/mol. The van der Waals surface area contributed by atoms with Crippen LogP contribution in [0.15, 0.2) is 33.9 Å². The highest BCUT2D eigenvalue weighted by Crippen LogP contribution is 2.40. The summed E-state index contributed by atoms with van der Waals surface area (Å²) in [6, 6.07) is 0.0278. The number of anilines is 1. The Morgan fingerprint density at radius 2 is 1.91 bits per heavy atom. The first-order chi connectivity index (χ1) is 20.1. The first-order valence-electron chi connectivity index (χ1n) is 12.0. The van der Waals surface area contributed by atoms with Gasteiger partial charge in [0.05, 0.1) is 5.56 Å². The van der Waals surface area contributed by atoms with Gasteiger partial charge in [0, 0.05) is 23.7 Å². The van der Waals surface area contributed by atoms with Crippen molar-refractivity contribution in [1.29, 1.82) is 0 Å². The van der Waals surface area contributed by atoms with Gasteiger partial charge in [-0.2, -0.15) is 0 Å². The summed E-state index contributed by atoms with van der Waals surface area (Å²) >= 11 is 2.04. The summed E-state index contributed by atoms with van der Waals surface area (Å²) in [6.07, 6.45) is 0. The van der Waals surface area contributed by atoms with Gasteiger partial charge in [-0.1, -0.05) is 5.16 Å². The van der Waals surface area contributed by atoms with Crippen molar-refractivity contribution in [1.82, 2.24) is 20.5 Å². The van der Waals surface area contributed by atoms with E-state index in [1.165, 1.54) is 19.2 Å². The number of thioether (sulfide) groups is 1. The Bertz CT molecular complexity index is 1610. The van der Waals surface area contributed by atoms with Gasteiger partial charge in [-0.05, 0) is 25.5 Å². The second-order valence-electron chi connectivity index (χ2n) is 9.54. The number of oxime groups is 1. The minimum Gasteiger partial charge on any atom is -0.504 e. The number of aliphatic carboxylic acids is 2. The van der Waals surface area contributed by atoms with E-state index in [4.69, 9.17) is 10.6 Å². The Hall–Kier alpha value is -4.91. The number of hydrogen-bond acceptors (Lipinski definition) is 13. The van der Waals surface area contributed by atoms with Crippen molar-refractivity contribution in [2.75, 3.05) is 18.0 Å². The second-order valence-corrected chi connectivity index (χ2v) is 11.5. The third-order valence-electron chi connectivity index (χ3n) is 6.17. The predicted octanol–water partition coefficient (Wildman–Crippen LogP) is 0.0281. The fourth-order valence-electron chi connectivity index (χ4n) is 3.84. The molecule has 0 bridgehead atoms. The van der Waals surface area contributed by atoms with E-state index in [0.29, 0.717) is 12.1 Å². The number of aromatic hydroxyl groups is 2. The number of rotatable bonds is 10. The van der Waals surface area contributed by atoms with E-state index in [2.05, 4.69) is 20.8 Å². The summed E-state index contributed by atoms with van der Waals surface area (Å²) in [5.74, 6) is -8.30. The molecule has 0 saturated carbocycles. The molecule has 1 aromatic heterocycles. The standard InChI is InChI=1S/C24H23FN6O10S2/c1-24(2,22(39)40)41-30-14(11-7-43-23(26)28-11)18(35)29-15-19(36)31-16(21(37)38)8(6-42-20(15)31)5-27-17(34)9-3-12(32)13(33)4-10(9)25/h3-4,7,15,20,32-33H,5-6H2,1-2H3,(H2,26,28)(H,27,34)(H,29,35)(H,37,38)(H,39,40)/b30-14-/t15-,20-/m1/s1. The third-order valence-corrected chi connectivity index (χ3v) is 8.18. The van der Waals surface area contributed by atoms with E-state index in [-0.39, 0.29) is 22.2 Å². The number of halogens is 1. The number of carboxylic acids is 2. The molecule has 0 spiro atoms. The number of thiazole rings is 1. The van der Waals surface area contributed by atoms with E-state index >= 15 is 0 Å². The summed E-state index contributed by atoms with van der Waals surface area (Å²) < 4.78 is 14.1. The molecular weight excluding hydrogens is 615 g/mol. The molecule has 0 radical (unpaired) electrons. The number of nitrogens with one attached hydrogen (secondary N) is 2. The topological polar surface area (TPSA) is 254 Å². The van der Waals surface area contributed by atoms with Crippen LogP contribution in [0.5, 0.6) is 11.5 Å². The lowest BCUT2D eigenvalue weighted by Gasteiger charge is -2.49. The number of aromatic nitrogens is 1. The fourth-order valence-corrected chi connectivity index (χ4v) is 5.73. The predicted molar refractivity (Wildman–Crippen MR) is 148 cm³/mol. The number of carbonyl (C=O) groups is 5. The van der Waals surface area contributed by atoms with Crippen molar-refractivity contribution in [2.45, 2.75) is 30.9 Å². The number of phenols is 2. The van der Waals surface area contributed by atoms with E-state index in [0.717, 1.165) is 28.0 Å². The SMILES string of the molecule is CC(C)(O/N=C(\C(=O)N[C@@H]1C(=O)N2C(C(=O)O)=C(CNC(=O)c3cc(O)c(O)cc3F)CS[C@H]12)c1csc(N)n1)C(=O)O. The number of nitrogen functional groups attached to an aromatic ring is 1. The zero-order valence-electron chi connectivity index (χ0n) is 22.2. The zero-order chi connectivity index (χ0) is 31.8. The highest BCUT2D eigenvalue weighted by atomic mass is 32.2. The summed E-state index contributed by atoms with van der Waals surface area (Å²) in [5.41, 5.74) is 2.35. The molecule has 8 N–H and O–H groups in total. The number of fused-ring (bicyclic) bond motifs is 1. The minimum absolute atomic E-state index is 0.00841. The lowest BCUT2D eigenvalue weighted by Crippen LogP contribution is -2.71. The van der Waals surface area contributed by atoms with Crippen LogP contribution in [0.3, 0.4) is 0 Å². The molecule has 0 aliphatic carbocycles. The van der Waals surface area contributed by atoms with Crippen LogP contribution < -0.4 is 16.4 Å². The number of nitrogens with zero attached hydrogens (tertiary/aromatic N) is 3. The molecule has 3 amide bonds. The fraction of sp³-hybridized carbons (Fsp3) is 0.292. The lowest BCUT2D eigenvalue weighted by molar-refractivity contribution is -0.161. The molecule has 228 valence electrons. The van der Waals surface area contributed by atoms with Gasteiger partial charge in [-0.3, -0.25) is 19.3 Å². The summed E-state index contributed by atoms with van der Waals surface area (Å²) in [5, 5.41) is 47.1. The summed E-state index contributed by atoms with van der Waals surface area (Å²) in [4.78, 5) is 72.1. The number of phenolic OH excluding ortho intramolecular Hbond substituents is 2. The maximum Gasteiger partial charge on any atom is 0.352 e. The molecule has 1 aromatic carbocycles. The first-order valence-corrected chi connectivity index (χ1v) is 14.0. The van der Waals surface area contributed by atoms with Gasteiger partial charge in [-0.15, -0.1) is 23.1 Å². The number of carbonyl (C=O) groups excluding carboxylic acids is 3. The van der Waals surface area contributed by atoms with Crippen molar-refractivity contribution in [3.05, 3.63) is 45.9 Å². The van der Waals surface area contributed by atoms with E-state index in [1.807, 2.05) is 0 Å². The largest absolute Gasteiger partial charge is 0.504 e. The number of benzene rings is 1. The van der Waals surface area contributed by atoms with Crippen LogP contribution in [-0.2, 0) is 24.0 Å². The van der Waals surface area contributed by atoms with Crippen LogP contribution in [-0.4, -0.2) is 95.0 Å². The molecule has 1 fully saturated rings. The zero-order valence-corrected chi connectivity index (χ0v) is 23.8. The Morgan fingerprint density at radius 3 is 2.51 bits per heavy atom. The van der Waals surface area contributed by atoms with Crippen LogP contribution >= 0.6 is 23.1 Å². The van der Waals surface area contributed by atoms with Crippen molar-refractivity contribution in [3.8, 4) is 11.5 Å². The van der Waals surface area contributed by atoms with Crippen LogP contribution in [0, 0.1) is 5.82 Å². The molecule has 0 unspecified atom stereocenters. The quantitative estimate of drug-likeness (QED) is 0.0786. The summed E-state index contributed by atoms with van der Waals surface area (Å²) in [6.45, 7) is 1.99. The van der Waals surface area contributed by atoms with Crippen LogP contribution in [0.2, 0.25) is 0 Å². The Balaban J connectivity index is 1.51. The van der Waals surface area contributed by atoms with Gasteiger partial charge in [0.25, 0.3) is 17.7 Å². The highest BCUT2D eigenvalue weighted by Gasteiger charge is 2.54. The van der Waals surface area contributed by atoms with Crippen LogP contribution in [0.25, 0.3) is 0 Å². The molecule has 2 atom stereocenters. The molecule has 19 heteroatoms. The number of carboxylic acid groups (broad SMARTS) is 2. The Morgan fingerprint density at radius 1 is 1.23 bits per heavy atom. The van der Waals surface area contributed by atoms with Gasteiger partial charge >= 0.3 is 11.9 Å². The van der Waals surface area contributed by atoms with Crippen molar-refractivity contribution >= 4 is 63.6 Å². The normalized spacial score (nSPS) is 18.4. The van der Waals surface area contributed by atoms with Crippen molar-refractivity contribution < 1.29 is 53.6 Å². The van der Waals surface area contributed by atoms with Crippen LogP contribution in [0.1, 0.15) is 29.9 Å². The molecule has 2 aliphatic heterocycles. The molecule has 3 heterocycles. The second kappa shape index (κ2) is 11.8. The van der Waals surface area contributed by atoms with Gasteiger partial charge in [0.15, 0.2) is 22.3 Å². The van der Waals surface area contributed by atoms with Crippen molar-refractivity contribution in [2.24, 2.45) is 5.16 Å². The molecule has 1 saturated heterocycles. The molecule has 43 heavy (non-hydrogen) atoms. The van der Waals surface area contributed by atoms with E-state index < -0.39 is 87.5 Å². The lowest BCUT2D eigenvalue weighted by atomic mass is 10.0. The number of β-lactam (4-membered cyclic amide) rings is 1. The van der Waals surface area contributed by atoms with Crippen LogP contribution in [0.4, 0.5) is 9.52 Å². The molecular formula is C24H23FN6O10S2. The molecule has 2 aliphatic rings. The van der Waals surface area contributed by atoms with E-state index in [9.17, 15) is 48.8 Å². The number of hydrogen-bond donors (Lipinski definition) is 7. The maximum absolute atomic E-state index is 14.1. The maximum atomic E-state index is 14.1. The number of nitrogens with two attached hydrogens (primary N) is 1. The molecule has 4 rings (SSSR count). The minimum atomic E-state index is -1.82. The molecule has 2 aromatic rings. The van der Waals surface area contributed by atoms with Crippen molar-refractivity contribution in [3.63, 3.8) is 0 Å². The molecule has 16 nitrogen and oxygen atoms in total. The van der Waals surface area contributed by atoms with Gasteiger partial charge in [0.2, 0.25) is 5.60 Å². The third kappa shape index (κ3) is 6.16. The Labute approximate surface area is 249 Å². The van der Waals surface area contributed by atoms with Gasteiger partial charge in [0.1, 0.15) is 28.6 Å². The first kappa shape index (κ1) is 31.0. The van der Waals surface area contributed by atoms with Gasteiger partial charge in [-0.25, -0.2) is 19.0 Å². The average Bonchev–Trinajstić information content (AvgIpc) is 3.37. The summed E-state index contributed by atoms with van der Waals surface area (Å²) in [7, 11) is 0.